The van der Waals surface area contributed by atoms with Crippen LogP contribution in [0.2, 0.25) is 0 Å². The SMILES string of the molecule is CNS(=O)(=O)c1ccc(N2CCC(C(F)(F)F)CC2)c(Nc2ncnc3nc[nH]c23)c1. The highest BCUT2D eigenvalue weighted by Crippen LogP contribution is 2.38. The number of H-pyrrole nitrogens is 1. The summed E-state index contributed by atoms with van der Waals surface area (Å²) in [5.74, 6) is -0.969. The summed E-state index contributed by atoms with van der Waals surface area (Å²) in [7, 11) is -2.43. The average Bonchev–Trinajstić information content (AvgIpc) is 3.23. The van der Waals surface area contributed by atoms with E-state index in [0.29, 0.717) is 28.4 Å². The van der Waals surface area contributed by atoms with Crippen molar-refractivity contribution >= 4 is 38.4 Å². The number of aromatic nitrogens is 4. The van der Waals surface area contributed by atoms with Crippen molar-refractivity contribution in [3.8, 4) is 0 Å². The number of hydrogen-bond donors (Lipinski definition) is 3. The van der Waals surface area contributed by atoms with E-state index in [1.54, 1.807) is 6.07 Å². The topological polar surface area (TPSA) is 116 Å². The van der Waals surface area contributed by atoms with Gasteiger partial charge < -0.3 is 15.2 Å². The smallest absolute Gasteiger partial charge is 0.370 e. The van der Waals surface area contributed by atoms with Crippen LogP contribution in [0.5, 0.6) is 0 Å². The molecular formula is C18H20F3N7O2S. The minimum atomic E-state index is -4.22. The number of halogens is 3. The zero-order chi connectivity index (χ0) is 22.2. The first kappa shape index (κ1) is 21.3. The van der Waals surface area contributed by atoms with E-state index in [1.165, 1.54) is 31.8 Å². The minimum Gasteiger partial charge on any atom is -0.370 e. The molecular weight excluding hydrogens is 435 g/mol. The first-order valence-corrected chi connectivity index (χ1v) is 11.0. The molecule has 166 valence electrons. The van der Waals surface area contributed by atoms with Crippen molar-refractivity contribution in [3.05, 3.63) is 30.9 Å². The highest BCUT2D eigenvalue weighted by Gasteiger charge is 2.41. The van der Waals surface area contributed by atoms with Crippen molar-refractivity contribution < 1.29 is 21.6 Å². The second kappa shape index (κ2) is 7.96. The van der Waals surface area contributed by atoms with E-state index in [2.05, 4.69) is 30.0 Å². The predicted molar refractivity (Wildman–Crippen MR) is 109 cm³/mol. The molecule has 0 atom stereocenters. The van der Waals surface area contributed by atoms with Gasteiger partial charge in [0.05, 0.1) is 28.5 Å². The number of anilines is 3. The lowest BCUT2D eigenvalue weighted by atomic mass is 9.96. The van der Waals surface area contributed by atoms with Crippen LogP contribution < -0.4 is 14.9 Å². The number of nitrogens with one attached hydrogen (secondary N) is 3. The van der Waals surface area contributed by atoms with Crippen molar-refractivity contribution in [2.75, 3.05) is 30.4 Å². The van der Waals surface area contributed by atoms with Crippen LogP contribution in [0.4, 0.5) is 30.4 Å². The minimum absolute atomic E-state index is 0.0151. The molecule has 1 aromatic carbocycles. The molecule has 0 unspecified atom stereocenters. The molecule has 1 fully saturated rings. The molecule has 3 heterocycles. The molecule has 1 aliphatic rings. The van der Waals surface area contributed by atoms with Crippen LogP contribution in [-0.4, -0.2) is 54.7 Å². The summed E-state index contributed by atoms with van der Waals surface area (Å²) >= 11 is 0. The molecule has 0 amide bonds. The van der Waals surface area contributed by atoms with Gasteiger partial charge in [-0.15, -0.1) is 0 Å². The molecule has 0 saturated carbocycles. The maximum absolute atomic E-state index is 13.1. The second-order valence-electron chi connectivity index (χ2n) is 7.14. The highest BCUT2D eigenvalue weighted by atomic mass is 32.2. The van der Waals surface area contributed by atoms with Crippen LogP contribution in [0.3, 0.4) is 0 Å². The van der Waals surface area contributed by atoms with E-state index in [9.17, 15) is 21.6 Å². The Hall–Kier alpha value is -2.93. The lowest BCUT2D eigenvalue weighted by Gasteiger charge is -2.35. The summed E-state index contributed by atoms with van der Waals surface area (Å²) in [6.07, 6.45) is -1.51. The van der Waals surface area contributed by atoms with Gasteiger partial charge in [0.25, 0.3) is 0 Å². The van der Waals surface area contributed by atoms with Crippen molar-refractivity contribution in [2.45, 2.75) is 23.9 Å². The maximum Gasteiger partial charge on any atom is 0.391 e. The molecule has 1 saturated heterocycles. The van der Waals surface area contributed by atoms with Gasteiger partial charge in [0.1, 0.15) is 11.8 Å². The van der Waals surface area contributed by atoms with Gasteiger partial charge in [0, 0.05) is 13.1 Å². The Morgan fingerprint density at radius 2 is 1.90 bits per heavy atom. The Labute approximate surface area is 176 Å². The first-order chi connectivity index (χ1) is 14.7. The Kier molecular flexibility index (Phi) is 5.47. The zero-order valence-electron chi connectivity index (χ0n) is 16.4. The summed E-state index contributed by atoms with van der Waals surface area (Å²) in [6, 6.07) is 4.45. The Balaban J connectivity index is 1.71. The Bertz CT molecular complexity index is 1190. The molecule has 9 nitrogen and oxygen atoms in total. The summed E-state index contributed by atoms with van der Waals surface area (Å²) in [5.41, 5.74) is 1.92. The van der Waals surface area contributed by atoms with Crippen LogP contribution in [0, 0.1) is 5.92 Å². The monoisotopic (exact) mass is 455 g/mol. The Morgan fingerprint density at radius 3 is 2.58 bits per heavy atom. The van der Waals surface area contributed by atoms with E-state index in [4.69, 9.17) is 0 Å². The van der Waals surface area contributed by atoms with Crippen molar-refractivity contribution in [3.63, 3.8) is 0 Å². The van der Waals surface area contributed by atoms with Gasteiger partial charge in [-0.25, -0.2) is 28.1 Å². The van der Waals surface area contributed by atoms with Gasteiger partial charge in [0.15, 0.2) is 11.5 Å². The molecule has 0 radical (unpaired) electrons. The molecule has 3 N–H and O–H groups in total. The van der Waals surface area contributed by atoms with Crippen LogP contribution in [-0.2, 0) is 10.0 Å². The predicted octanol–water partition coefficient (Wildman–Crippen LogP) is 2.78. The molecule has 1 aliphatic heterocycles. The third kappa shape index (κ3) is 4.28. The second-order valence-corrected chi connectivity index (χ2v) is 9.02. The van der Waals surface area contributed by atoms with Crippen molar-refractivity contribution in [2.24, 2.45) is 5.92 Å². The van der Waals surface area contributed by atoms with E-state index in [0.717, 1.165) is 0 Å². The molecule has 2 aromatic heterocycles. The summed E-state index contributed by atoms with van der Waals surface area (Å²) in [5, 5.41) is 3.10. The number of piperidine rings is 1. The highest BCUT2D eigenvalue weighted by molar-refractivity contribution is 7.89. The van der Waals surface area contributed by atoms with Gasteiger partial charge in [-0.1, -0.05) is 0 Å². The maximum atomic E-state index is 13.1. The number of fused-ring (bicyclic) bond motifs is 1. The molecule has 4 rings (SSSR count). The average molecular weight is 455 g/mol. The van der Waals surface area contributed by atoms with Crippen LogP contribution in [0.15, 0.2) is 35.7 Å². The quantitative estimate of drug-likeness (QED) is 0.542. The fraction of sp³-hybridized carbons (Fsp3) is 0.389. The van der Waals surface area contributed by atoms with Crippen LogP contribution >= 0.6 is 0 Å². The zero-order valence-corrected chi connectivity index (χ0v) is 17.3. The first-order valence-electron chi connectivity index (χ1n) is 9.49. The summed E-state index contributed by atoms with van der Waals surface area (Å²) in [6.45, 7) is 0.389. The lowest BCUT2D eigenvalue weighted by molar-refractivity contribution is -0.179. The normalized spacial score (nSPS) is 16.1. The fourth-order valence-corrected chi connectivity index (χ4v) is 4.37. The fourth-order valence-electron chi connectivity index (χ4n) is 3.61. The third-order valence-corrected chi connectivity index (χ3v) is 6.73. The number of alkyl halides is 3. The molecule has 31 heavy (non-hydrogen) atoms. The molecule has 3 aromatic rings. The van der Waals surface area contributed by atoms with Crippen LogP contribution in [0.25, 0.3) is 11.2 Å². The van der Waals surface area contributed by atoms with Gasteiger partial charge >= 0.3 is 6.18 Å². The van der Waals surface area contributed by atoms with E-state index >= 15 is 0 Å². The van der Waals surface area contributed by atoms with Crippen LogP contribution in [0.1, 0.15) is 12.8 Å². The van der Waals surface area contributed by atoms with E-state index in [-0.39, 0.29) is 30.8 Å². The molecule has 0 spiro atoms. The number of aromatic amines is 1. The largest absolute Gasteiger partial charge is 0.391 e. The Morgan fingerprint density at radius 1 is 1.16 bits per heavy atom. The lowest BCUT2D eigenvalue weighted by Crippen LogP contribution is -2.39. The summed E-state index contributed by atoms with van der Waals surface area (Å²) < 4.78 is 66.0. The number of sulfonamides is 1. The molecule has 13 heteroatoms. The van der Waals surface area contributed by atoms with Gasteiger partial charge in [-0.05, 0) is 38.1 Å². The number of rotatable bonds is 5. The number of hydrogen-bond acceptors (Lipinski definition) is 7. The van der Waals surface area contributed by atoms with Gasteiger partial charge in [0.2, 0.25) is 10.0 Å². The number of imidazole rings is 1. The molecule has 0 bridgehead atoms. The van der Waals surface area contributed by atoms with Crippen molar-refractivity contribution in [1.82, 2.24) is 24.7 Å². The van der Waals surface area contributed by atoms with E-state index < -0.39 is 22.1 Å². The van der Waals surface area contributed by atoms with Gasteiger partial charge in [-0.3, -0.25) is 0 Å². The standard InChI is InChI=1S/C18H20F3N7O2S/c1-22-31(29,30)12-2-3-14(28-6-4-11(5-7-28)18(19,20)21)13(8-12)27-17-15-16(24-9-23-15)25-10-26-17/h2-3,8-11,22H,4-7H2,1H3,(H2,23,24,25,26,27). The molecule has 0 aliphatic carbocycles. The summed E-state index contributed by atoms with van der Waals surface area (Å²) in [4.78, 5) is 17.0. The number of nitrogens with zero attached hydrogens (tertiary/aromatic N) is 4. The van der Waals surface area contributed by atoms with E-state index in [1.807, 2.05) is 4.90 Å². The third-order valence-electron chi connectivity index (χ3n) is 5.32. The van der Waals surface area contributed by atoms with Gasteiger partial charge in [-0.2, -0.15) is 13.2 Å². The number of benzene rings is 1. The van der Waals surface area contributed by atoms with Crippen molar-refractivity contribution in [1.29, 1.82) is 0 Å².